The quantitative estimate of drug-likeness (QED) is 0.816. The van der Waals surface area contributed by atoms with Crippen LogP contribution in [0.25, 0.3) is 0 Å². The van der Waals surface area contributed by atoms with Crippen LogP contribution in [0.15, 0.2) is 30.3 Å². The zero-order chi connectivity index (χ0) is 12.1. The fourth-order valence-electron chi connectivity index (χ4n) is 2.73. The van der Waals surface area contributed by atoms with Crippen LogP contribution in [0.3, 0.4) is 0 Å². The summed E-state index contributed by atoms with van der Waals surface area (Å²) in [6.07, 6.45) is 6.32. The van der Waals surface area contributed by atoms with Gasteiger partial charge in [0.15, 0.2) is 0 Å². The molecule has 0 atom stereocenters. The van der Waals surface area contributed by atoms with Crippen molar-refractivity contribution < 1.29 is 0 Å². The van der Waals surface area contributed by atoms with Gasteiger partial charge >= 0.3 is 0 Å². The number of nitrogens with two attached hydrogens (primary N) is 1. The van der Waals surface area contributed by atoms with E-state index in [0.29, 0.717) is 0 Å². The van der Waals surface area contributed by atoms with Crippen LogP contribution in [0.5, 0.6) is 0 Å². The molecule has 0 amide bonds. The van der Waals surface area contributed by atoms with E-state index in [9.17, 15) is 0 Å². The lowest BCUT2D eigenvalue weighted by molar-refractivity contribution is 0.235. The maximum absolute atomic E-state index is 6.04. The Morgan fingerprint density at radius 3 is 2.41 bits per heavy atom. The molecule has 1 aromatic carbocycles. The van der Waals surface area contributed by atoms with Gasteiger partial charge in [-0.05, 0) is 37.8 Å². The SMILES string of the molecule is CCCCN(c1ccccc1)C1(CN)CCC1. The number of benzene rings is 1. The first-order chi connectivity index (χ1) is 8.32. The summed E-state index contributed by atoms with van der Waals surface area (Å²) >= 11 is 0. The highest BCUT2D eigenvalue weighted by atomic mass is 15.2. The Kier molecular flexibility index (Phi) is 4.06. The Morgan fingerprint density at radius 2 is 1.94 bits per heavy atom. The molecule has 1 saturated carbocycles. The average Bonchev–Trinajstić information content (AvgIpc) is 2.33. The normalized spacial score (nSPS) is 17.5. The molecule has 2 heteroatoms. The van der Waals surface area contributed by atoms with E-state index in [-0.39, 0.29) is 5.54 Å². The molecule has 94 valence electrons. The van der Waals surface area contributed by atoms with Crippen LogP contribution < -0.4 is 10.6 Å². The predicted octanol–water partition coefficient (Wildman–Crippen LogP) is 3.17. The van der Waals surface area contributed by atoms with Crippen LogP contribution in [0, 0.1) is 0 Å². The van der Waals surface area contributed by atoms with E-state index in [4.69, 9.17) is 5.73 Å². The maximum atomic E-state index is 6.04. The maximum Gasteiger partial charge on any atom is 0.0524 e. The molecule has 0 radical (unpaired) electrons. The summed E-state index contributed by atoms with van der Waals surface area (Å²) in [5, 5.41) is 0. The molecule has 1 aliphatic rings. The molecule has 2 nitrogen and oxygen atoms in total. The Bertz CT molecular complexity index is 325. The number of nitrogens with zero attached hydrogens (tertiary/aromatic N) is 1. The molecule has 0 aromatic heterocycles. The van der Waals surface area contributed by atoms with E-state index in [1.54, 1.807) is 0 Å². The van der Waals surface area contributed by atoms with Gasteiger partial charge in [-0.15, -0.1) is 0 Å². The zero-order valence-corrected chi connectivity index (χ0v) is 10.9. The Hall–Kier alpha value is -1.02. The number of rotatable bonds is 6. The third kappa shape index (κ3) is 2.47. The van der Waals surface area contributed by atoms with Gasteiger partial charge in [0, 0.05) is 18.8 Å². The van der Waals surface area contributed by atoms with Gasteiger partial charge in [0.05, 0.1) is 5.54 Å². The molecular weight excluding hydrogens is 208 g/mol. The van der Waals surface area contributed by atoms with Gasteiger partial charge < -0.3 is 10.6 Å². The van der Waals surface area contributed by atoms with E-state index in [0.717, 1.165) is 13.1 Å². The summed E-state index contributed by atoms with van der Waals surface area (Å²) in [6, 6.07) is 10.8. The Morgan fingerprint density at radius 1 is 1.24 bits per heavy atom. The summed E-state index contributed by atoms with van der Waals surface area (Å²) in [5.41, 5.74) is 7.62. The smallest absolute Gasteiger partial charge is 0.0524 e. The second-order valence-corrected chi connectivity index (χ2v) is 5.12. The summed E-state index contributed by atoms with van der Waals surface area (Å²) in [6.45, 7) is 4.17. The predicted molar refractivity (Wildman–Crippen MR) is 74.3 cm³/mol. The van der Waals surface area contributed by atoms with Gasteiger partial charge in [-0.1, -0.05) is 31.5 Å². The van der Waals surface area contributed by atoms with Crippen molar-refractivity contribution in [3.63, 3.8) is 0 Å². The van der Waals surface area contributed by atoms with Crippen molar-refractivity contribution in [1.29, 1.82) is 0 Å². The van der Waals surface area contributed by atoms with Gasteiger partial charge in [-0.2, -0.15) is 0 Å². The molecule has 0 bridgehead atoms. The lowest BCUT2D eigenvalue weighted by atomic mass is 9.75. The van der Waals surface area contributed by atoms with E-state index in [1.165, 1.54) is 37.8 Å². The molecule has 2 rings (SSSR count). The van der Waals surface area contributed by atoms with Gasteiger partial charge in [-0.3, -0.25) is 0 Å². The minimum absolute atomic E-state index is 0.247. The molecular formula is C15H24N2. The second-order valence-electron chi connectivity index (χ2n) is 5.12. The minimum atomic E-state index is 0.247. The molecule has 0 unspecified atom stereocenters. The molecule has 0 saturated heterocycles. The standard InChI is InChI=1S/C15H24N2/c1-2-3-12-17(14-8-5-4-6-9-14)15(13-16)10-7-11-15/h4-6,8-9H,2-3,7,10-13,16H2,1H3. The highest BCUT2D eigenvalue weighted by Crippen LogP contribution is 2.39. The zero-order valence-electron chi connectivity index (χ0n) is 10.9. The highest BCUT2D eigenvalue weighted by Gasteiger charge is 2.40. The van der Waals surface area contributed by atoms with Crippen LogP contribution in [0.1, 0.15) is 39.0 Å². The summed E-state index contributed by atoms with van der Waals surface area (Å²) in [4.78, 5) is 2.56. The third-order valence-electron chi connectivity index (χ3n) is 4.04. The van der Waals surface area contributed by atoms with Gasteiger partial charge in [0.2, 0.25) is 0 Å². The summed E-state index contributed by atoms with van der Waals surface area (Å²) in [5.74, 6) is 0. The minimum Gasteiger partial charge on any atom is -0.365 e. The van der Waals surface area contributed by atoms with Crippen LogP contribution in [0.2, 0.25) is 0 Å². The van der Waals surface area contributed by atoms with Crippen LogP contribution >= 0.6 is 0 Å². The number of para-hydroxylation sites is 1. The molecule has 0 spiro atoms. The molecule has 1 aliphatic carbocycles. The van der Waals surface area contributed by atoms with Crippen LogP contribution in [0.4, 0.5) is 5.69 Å². The average molecular weight is 232 g/mol. The summed E-state index contributed by atoms with van der Waals surface area (Å²) in [7, 11) is 0. The molecule has 0 aliphatic heterocycles. The van der Waals surface area contributed by atoms with E-state index >= 15 is 0 Å². The lowest BCUT2D eigenvalue weighted by Gasteiger charge is -2.51. The van der Waals surface area contributed by atoms with Gasteiger partial charge in [0.25, 0.3) is 0 Å². The van der Waals surface area contributed by atoms with Crippen molar-refractivity contribution in [2.45, 2.75) is 44.6 Å². The van der Waals surface area contributed by atoms with Crippen molar-refractivity contribution in [3.8, 4) is 0 Å². The second kappa shape index (κ2) is 5.54. The molecule has 1 fully saturated rings. The number of hydrogen-bond donors (Lipinski definition) is 1. The molecule has 17 heavy (non-hydrogen) atoms. The van der Waals surface area contributed by atoms with Crippen molar-refractivity contribution in [2.75, 3.05) is 18.0 Å². The fraction of sp³-hybridized carbons (Fsp3) is 0.600. The van der Waals surface area contributed by atoms with E-state index < -0.39 is 0 Å². The molecule has 2 N–H and O–H groups in total. The topological polar surface area (TPSA) is 29.3 Å². The number of hydrogen-bond acceptors (Lipinski definition) is 2. The van der Waals surface area contributed by atoms with Gasteiger partial charge in [-0.25, -0.2) is 0 Å². The van der Waals surface area contributed by atoms with Crippen molar-refractivity contribution in [1.82, 2.24) is 0 Å². The number of anilines is 1. The first kappa shape index (κ1) is 12.4. The highest BCUT2D eigenvalue weighted by molar-refractivity contribution is 5.50. The Labute approximate surface area is 105 Å². The molecule has 1 aromatic rings. The van der Waals surface area contributed by atoms with Crippen molar-refractivity contribution in [3.05, 3.63) is 30.3 Å². The van der Waals surface area contributed by atoms with Crippen LogP contribution in [-0.4, -0.2) is 18.6 Å². The fourth-order valence-corrected chi connectivity index (χ4v) is 2.73. The lowest BCUT2D eigenvalue weighted by Crippen LogP contribution is -2.59. The van der Waals surface area contributed by atoms with Gasteiger partial charge in [0.1, 0.15) is 0 Å². The van der Waals surface area contributed by atoms with E-state index in [2.05, 4.69) is 42.2 Å². The van der Waals surface area contributed by atoms with E-state index in [1.807, 2.05) is 0 Å². The number of unbranched alkanes of at least 4 members (excludes halogenated alkanes) is 1. The first-order valence-electron chi connectivity index (χ1n) is 6.85. The Balaban J connectivity index is 2.19. The third-order valence-corrected chi connectivity index (χ3v) is 4.04. The van der Waals surface area contributed by atoms with Crippen LogP contribution in [-0.2, 0) is 0 Å². The van der Waals surface area contributed by atoms with Crippen molar-refractivity contribution in [2.24, 2.45) is 5.73 Å². The largest absolute Gasteiger partial charge is 0.365 e. The monoisotopic (exact) mass is 232 g/mol. The summed E-state index contributed by atoms with van der Waals surface area (Å²) < 4.78 is 0. The first-order valence-corrected chi connectivity index (χ1v) is 6.85. The molecule has 0 heterocycles. The van der Waals surface area contributed by atoms with Crippen molar-refractivity contribution >= 4 is 5.69 Å².